The number of hydrogen-bond donors (Lipinski definition) is 0. The smallest absolute Gasteiger partial charge is 0.116 e. The minimum absolute atomic E-state index is 0. The molecule has 248 valence electrons. The zero-order chi connectivity index (χ0) is 33.1. The fraction of sp³-hybridized carbons (Fsp3) is 0.200. The van der Waals surface area contributed by atoms with E-state index in [4.69, 9.17) is 9.59 Å². The number of aryl methyl sites for hydroxylation is 4. The fourth-order valence-corrected chi connectivity index (χ4v) is 4.19. The molecule has 0 unspecified atom stereocenters. The Balaban J connectivity index is 0. The zero-order valence-electron chi connectivity index (χ0n) is 27.7. The van der Waals surface area contributed by atoms with Crippen LogP contribution in [0.4, 0.5) is 0 Å². The Hall–Kier alpha value is -5.08. The standard InChI is InChI=1S/C18H16.3C7H8.2C2H4O.2CH4/c1-14-7-5-10-16-11-6-12-17(18(14)16)13-15-8-3-2-4-9-15;3*1-7-5-3-2-4-6-7;2*1-2-3;;/h2-12H,13H2,1H3;3*2-6H,1H3;2*2H,1H3;2*1H4. The van der Waals surface area contributed by atoms with Crippen LogP contribution in [-0.4, -0.2) is 12.6 Å². The van der Waals surface area contributed by atoms with E-state index >= 15 is 0 Å². The predicted molar refractivity (Wildman–Crippen MR) is 208 cm³/mol. The van der Waals surface area contributed by atoms with E-state index in [0.717, 1.165) is 19.0 Å². The molecule has 6 aromatic rings. The van der Waals surface area contributed by atoms with Gasteiger partial charge in [-0.3, -0.25) is 0 Å². The van der Waals surface area contributed by atoms with E-state index in [1.54, 1.807) is 0 Å². The molecule has 2 heteroatoms. The van der Waals surface area contributed by atoms with Gasteiger partial charge in [-0.1, -0.05) is 189 Å². The second kappa shape index (κ2) is 28.4. The van der Waals surface area contributed by atoms with Gasteiger partial charge in [-0.25, -0.2) is 0 Å². The highest BCUT2D eigenvalue weighted by Gasteiger charge is 2.04. The van der Waals surface area contributed by atoms with E-state index in [0.29, 0.717) is 0 Å². The summed E-state index contributed by atoms with van der Waals surface area (Å²) in [7, 11) is 0. The van der Waals surface area contributed by atoms with Gasteiger partial charge in [0.1, 0.15) is 12.6 Å². The highest BCUT2D eigenvalue weighted by molar-refractivity contribution is 5.89. The van der Waals surface area contributed by atoms with Gasteiger partial charge >= 0.3 is 0 Å². The van der Waals surface area contributed by atoms with Crippen LogP contribution < -0.4 is 0 Å². The second-order valence-electron chi connectivity index (χ2n) is 10.2. The van der Waals surface area contributed by atoms with Gasteiger partial charge in [-0.2, -0.15) is 0 Å². The molecule has 47 heavy (non-hydrogen) atoms. The van der Waals surface area contributed by atoms with E-state index in [-0.39, 0.29) is 14.9 Å². The zero-order valence-corrected chi connectivity index (χ0v) is 27.7. The quantitative estimate of drug-likeness (QED) is 0.179. The summed E-state index contributed by atoms with van der Waals surface area (Å²) >= 11 is 0. The predicted octanol–water partition coefficient (Wildman–Crippen LogP) is 12.4. The largest absolute Gasteiger partial charge is 0.304 e. The van der Waals surface area contributed by atoms with E-state index in [9.17, 15) is 0 Å². The summed E-state index contributed by atoms with van der Waals surface area (Å²) in [5.74, 6) is 0. The SMILES string of the molecule is C.C.CC=O.CC=O.Cc1cccc2cccc(Cc3ccccc3)c12.Cc1ccccc1.Cc1ccccc1.Cc1ccccc1. The molecule has 0 atom stereocenters. The summed E-state index contributed by atoms with van der Waals surface area (Å²) in [6, 6.07) is 54.5. The third-order valence-electron chi connectivity index (χ3n) is 6.26. The normalized spacial score (nSPS) is 8.55. The molecule has 0 aliphatic carbocycles. The first-order valence-corrected chi connectivity index (χ1v) is 15.2. The van der Waals surface area contributed by atoms with Crippen molar-refractivity contribution in [1.82, 2.24) is 0 Å². The highest BCUT2D eigenvalue weighted by Crippen LogP contribution is 2.24. The Morgan fingerprint density at radius 3 is 1.06 bits per heavy atom. The minimum Gasteiger partial charge on any atom is -0.304 e. The average molecular weight is 629 g/mol. The third kappa shape index (κ3) is 20.6. The first-order valence-electron chi connectivity index (χ1n) is 15.2. The summed E-state index contributed by atoms with van der Waals surface area (Å²) < 4.78 is 0. The number of rotatable bonds is 2. The van der Waals surface area contributed by atoms with Crippen molar-refractivity contribution >= 4 is 23.3 Å². The van der Waals surface area contributed by atoms with Gasteiger partial charge in [-0.15, -0.1) is 0 Å². The minimum atomic E-state index is 0. The van der Waals surface area contributed by atoms with Gasteiger partial charge in [0.2, 0.25) is 0 Å². The molecule has 0 aliphatic rings. The van der Waals surface area contributed by atoms with Crippen molar-refractivity contribution in [3.63, 3.8) is 0 Å². The van der Waals surface area contributed by atoms with E-state index < -0.39 is 0 Å². The molecule has 6 aromatic carbocycles. The van der Waals surface area contributed by atoms with Gasteiger partial charge in [0.15, 0.2) is 0 Å². The lowest BCUT2D eigenvalue weighted by Gasteiger charge is -2.09. The van der Waals surface area contributed by atoms with Crippen LogP contribution in [0.25, 0.3) is 10.8 Å². The Morgan fingerprint density at radius 1 is 0.426 bits per heavy atom. The number of fused-ring (bicyclic) bond motifs is 1. The topological polar surface area (TPSA) is 34.1 Å². The third-order valence-corrected chi connectivity index (χ3v) is 6.26. The molecule has 6 rings (SSSR count). The first kappa shape index (κ1) is 44.0. The lowest BCUT2D eigenvalue weighted by Crippen LogP contribution is -1.91. The number of aldehydes is 2. The van der Waals surface area contributed by atoms with E-state index in [2.05, 4.69) is 131 Å². The number of benzene rings is 6. The summed E-state index contributed by atoms with van der Waals surface area (Å²) in [5.41, 5.74) is 8.11. The number of carbonyl (C=O) groups is 2. The number of hydrogen-bond acceptors (Lipinski definition) is 2. The van der Waals surface area contributed by atoms with Crippen molar-refractivity contribution in [3.05, 3.63) is 191 Å². The molecule has 0 bridgehead atoms. The van der Waals surface area contributed by atoms with Crippen molar-refractivity contribution < 1.29 is 9.59 Å². The molecule has 0 amide bonds. The Labute approximate surface area is 286 Å². The summed E-state index contributed by atoms with van der Waals surface area (Å²) in [6.07, 6.45) is 2.50. The van der Waals surface area contributed by atoms with Gasteiger partial charge in [0.25, 0.3) is 0 Å². The second-order valence-corrected chi connectivity index (χ2v) is 10.2. The van der Waals surface area contributed by atoms with Gasteiger partial charge in [0.05, 0.1) is 0 Å². The summed E-state index contributed by atoms with van der Waals surface area (Å²) in [5, 5.41) is 2.74. The molecule has 0 N–H and O–H groups in total. The summed E-state index contributed by atoms with van der Waals surface area (Å²) in [6.45, 7) is 11.3. The van der Waals surface area contributed by atoms with E-state index in [1.807, 2.05) is 54.6 Å². The van der Waals surface area contributed by atoms with Gasteiger partial charge in [0, 0.05) is 0 Å². The maximum atomic E-state index is 8.81. The van der Waals surface area contributed by atoms with Crippen molar-refractivity contribution in [1.29, 1.82) is 0 Å². The fourth-order valence-electron chi connectivity index (χ4n) is 4.19. The Morgan fingerprint density at radius 2 is 0.745 bits per heavy atom. The average Bonchev–Trinajstić information content (AvgIpc) is 3.05. The lowest BCUT2D eigenvalue weighted by molar-refractivity contribution is -0.106. The molecule has 0 aliphatic heterocycles. The molecule has 0 radical (unpaired) electrons. The Kier molecular flexibility index (Phi) is 26.6. The molecular formula is C45H56O2. The number of carbonyl (C=O) groups excluding carboxylic acids is 2. The molecule has 0 heterocycles. The monoisotopic (exact) mass is 628 g/mol. The summed E-state index contributed by atoms with van der Waals surface area (Å²) in [4.78, 5) is 17.6. The van der Waals surface area contributed by atoms with Crippen molar-refractivity contribution in [2.24, 2.45) is 0 Å². The maximum absolute atomic E-state index is 8.81. The van der Waals surface area contributed by atoms with Crippen LogP contribution in [0.1, 0.15) is 62.1 Å². The molecule has 2 nitrogen and oxygen atoms in total. The molecule has 0 aromatic heterocycles. The van der Waals surface area contributed by atoms with Crippen LogP contribution in [0.2, 0.25) is 0 Å². The molecule has 0 saturated heterocycles. The van der Waals surface area contributed by atoms with Crippen molar-refractivity contribution in [2.75, 3.05) is 0 Å². The van der Waals surface area contributed by atoms with E-state index in [1.165, 1.54) is 58.0 Å². The lowest BCUT2D eigenvalue weighted by atomic mass is 9.95. The van der Waals surface area contributed by atoms with Crippen LogP contribution in [-0.2, 0) is 16.0 Å². The van der Waals surface area contributed by atoms with Crippen molar-refractivity contribution in [2.45, 2.75) is 62.8 Å². The van der Waals surface area contributed by atoms with Gasteiger partial charge < -0.3 is 9.59 Å². The molecule has 0 spiro atoms. The van der Waals surface area contributed by atoms with Crippen LogP contribution in [0, 0.1) is 27.7 Å². The first-order chi connectivity index (χ1) is 21.9. The van der Waals surface area contributed by atoms with Crippen LogP contribution >= 0.6 is 0 Å². The molecule has 0 saturated carbocycles. The van der Waals surface area contributed by atoms with Crippen LogP contribution in [0.3, 0.4) is 0 Å². The van der Waals surface area contributed by atoms with Crippen LogP contribution in [0.15, 0.2) is 158 Å². The molecule has 0 fully saturated rings. The Bertz CT molecular complexity index is 1480. The van der Waals surface area contributed by atoms with Gasteiger partial charge in [-0.05, 0) is 75.4 Å². The van der Waals surface area contributed by atoms with Crippen molar-refractivity contribution in [3.8, 4) is 0 Å². The molecular weight excluding hydrogens is 572 g/mol. The highest BCUT2D eigenvalue weighted by atomic mass is 16.1. The maximum Gasteiger partial charge on any atom is 0.116 e. The van der Waals surface area contributed by atoms with Crippen LogP contribution in [0.5, 0.6) is 0 Å².